The van der Waals surface area contributed by atoms with Crippen molar-refractivity contribution in [1.82, 2.24) is 24.5 Å². The number of hydrogen-bond donors (Lipinski definition) is 0. The average molecular weight is 732 g/mol. The van der Waals surface area contributed by atoms with Crippen LogP contribution in [0.5, 0.6) is 0 Å². The molecule has 0 fully saturated rings. The molecule has 0 radical (unpaired) electrons. The molecule has 57 heavy (non-hydrogen) atoms. The van der Waals surface area contributed by atoms with Gasteiger partial charge in [0, 0.05) is 60.9 Å². The van der Waals surface area contributed by atoms with Crippen LogP contribution in [0.4, 0.5) is 0 Å². The minimum atomic E-state index is 0.557. The smallest absolute Gasteiger partial charge is 0.164 e. The SMILES string of the molecule is c1cc(-c2nc(-c3ccc(-c4cccc5oc6ccccc6c45)cc3)nc(-c3cccc4oc5cnccc5c34)n2)cc(-n2c3ccccc3c3ccccc32)c1. The molecule has 12 rings (SSSR count). The van der Waals surface area contributed by atoms with Crippen LogP contribution in [0.3, 0.4) is 0 Å². The fraction of sp³-hybridized carbons (Fsp3) is 0. The molecule has 7 heteroatoms. The van der Waals surface area contributed by atoms with E-state index in [9.17, 15) is 0 Å². The van der Waals surface area contributed by atoms with Crippen molar-refractivity contribution < 1.29 is 8.83 Å². The van der Waals surface area contributed by atoms with Crippen LogP contribution in [-0.2, 0) is 0 Å². The lowest BCUT2D eigenvalue weighted by atomic mass is 9.98. The van der Waals surface area contributed by atoms with Crippen LogP contribution in [0, 0.1) is 0 Å². The summed E-state index contributed by atoms with van der Waals surface area (Å²) in [6, 6.07) is 56.3. The molecule has 5 aromatic heterocycles. The molecule has 0 spiro atoms. The van der Waals surface area contributed by atoms with Crippen LogP contribution < -0.4 is 0 Å². The Morgan fingerprint density at radius 2 is 0.947 bits per heavy atom. The van der Waals surface area contributed by atoms with Crippen LogP contribution in [0.1, 0.15) is 0 Å². The predicted molar refractivity (Wildman–Crippen MR) is 228 cm³/mol. The Kier molecular flexibility index (Phi) is 6.79. The van der Waals surface area contributed by atoms with Gasteiger partial charge < -0.3 is 13.4 Å². The van der Waals surface area contributed by atoms with E-state index in [-0.39, 0.29) is 0 Å². The Hall–Kier alpha value is -7.90. The third-order valence-electron chi connectivity index (χ3n) is 11.0. The lowest BCUT2D eigenvalue weighted by Gasteiger charge is -2.12. The number of para-hydroxylation sites is 3. The highest BCUT2D eigenvalue weighted by molar-refractivity contribution is 6.13. The first-order chi connectivity index (χ1) is 28.2. The van der Waals surface area contributed by atoms with E-state index in [2.05, 4.69) is 125 Å². The summed E-state index contributed by atoms with van der Waals surface area (Å²) < 4.78 is 14.8. The van der Waals surface area contributed by atoms with Crippen molar-refractivity contribution in [3.63, 3.8) is 0 Å². The number of fused-ring (bicyclic) bond motifs is 9. The van der Waals surface area contributed by atoms with Crippen LogP contribution in [0.25, 0.3) is 117 Å². The molecule has 0 unspecified atom stereocenters. The standard InChI is InChI=1S/C50H29N5O2/c1-4-17-40-35(12-1)36-13-2-5-18-41(36)55(40)33-11-7-10-32(28-33)49-52-48(53-50(54-49)39-16-9-21-44-47(39)38-26-27-51-29-45(38)57-44)31-24-22-30(23-25-31)34-15-8-20-43-46(34)37-14-3-6-19-42(37)56-43/h1-29H. The number of aromatic nitrogens is 5. The molecule has 7 nitrogen and oxygen atoms in total. The molecule has 12 aromatic rings. The van der Waals surface area contributed by atoms with Gasteiger partial charge in [0.1, 0.15) is 16.7 Å². The Balaban J connectivity index is 1.04. The number of furan rings is 2. The maximum absolute atomic E-state index is 6.24. The Morgan fingerprint density at radius 1 is 0.386 bits per heavy atom. The fourth-order valence-electron chi connectivity index (χ4n) is 8.42. The number of pyridine rings is 1. The molecular formula is C50H29N5O2. The van der Waals surface area contributed by atoms with E-state index in [1.807, 2.05) is 48.5 Å². The molecule has 0 bridgehead atoms. The van der Waals surface area contributed by atoms with Crippen molar-refractivity contribution in [3.05, 3.63) is 176 Å². The molecule has 266 valence electrons. The van der Waals surface area contributed by atoms with Gasteiger partial charge in [-0.15, -0.1) is 0 Å². The molecule has 5 heterocycles. The van der Waals surface area contributed by atoms with E-state index in [4.69, 9.17) is 23.8 Å². The maximum Gasteiger partial charge on any atom is 0.164 e. The maximum atomic E-state index is 6.24. The van der Waals surface area contributed by atoms with E-state index in [1.165, 1.54) is 10.8 Å². The molecule has 0 aliphatic carbocycles. The molecule has 0 saturated carbocycles. The Morgan fingerprint density at radius 3 is 1.72 bits per heavy atom. The van der Waals surface area contributed by atoms with E-state index in [1.54, 1.807) is 12.4 Å². The van der Waals surface area contributed by atoms with Crippen LogP contribution >= 0.6 is 0 Å². The first-order valence-corrected chi connectivity index (χ1v) is 18.9. The van der Waals surface area contributed by atoms with Gasteiger partial charge in [0.25, 0.3) is 0 Å². The van der Waals surface area contributed by atoms with Crippen LogP contribution in [0.2, 0.25) is 0 Å². The zero-order chi connectivity index (χ0) is 37.5. The number of rotatable bonds is 5. The second-order valence-electron chi connectivity index (χ2n) is 14.2. The van der Waals surface area contributed by atoms with Crippen molar-refractivity contribution in [2.24, 2.45) is 0 Å². The topological polar surface area (TPSA) is 82.8 Å². The van der Waals surface area contributed by atoms with Gasteiger partial charge in [-0.2, -0.15) is 0 Å². The minimum absolute atomic E-state index is 0.557. The molecule has 0 saturated heterocycles. The molecule has 0 aliphatic rings. The van der Waals surface area contributed by atoms with Crippen molar-refractivity contribution in [1.29, 1.82) is 0 Å². The second-order valence-corrected chi connectivity index (χ2v) is 14.2. The largest absolute Gasteiger partial charge is 0.456 e. The summed E-state index contributed by atoms with van der Waals surface area (Å²) >= 11 is 0. The first-order valence-electron chi connectivity index (χ1n) is 18.9. The first kappa shape index (κ1) is 31.5. The summed E-state index contributed by atoms with van der Waals surface area (Å²) in [7, 11) is 0. The predicted octanol–water partition coefficient (Wildman–Crippen LogP) is 12.8. The normalized spacial score (nSPS) is 11.9. The number of nitrogens with zero attached hydrogens (tertiary/aromatic N) is 5. The zero-order valence-electron chi connectivity index (χ0n) is 30.3. The van der Waals surface area contributed by atoms with Crippen molar-refractivity contribution in [2.45, 2.75) is 0 Å². The summed E-state index contributed by atoms with van der Waals surface area (Å²) in [5.74, 6) is 1.70. The van der Waals surface area contributed by atoms with Gasteiger partial charge >= 0.3 is 0 Å². The van der Waals surface area contributed by atoms with Crippen molar-refractivity contribution in [2.75, 3.05) is 0 Å². The summed E-state index contributed by atoms with van der Waals surface area (Å²) in [5.41, 5.74) is 11.3. The van der Waals surface area contributed by atoms with E-state index in [0.29, 0.717) is 23.1 Å². The number of hydrogen-bond acceptors (Lipinski definition) is 6. The lowest BCUT2D eigenvalue weighted by molar-refractivity contribution is 0.667. The van der Waals surface area contributed by atoms with Crippen molar-refractivity contribution >= 4 is 65.7 Å². The third kappa shape index (κ3) is 4.92. The average Bonchev–Trinajstić information content (AvgIpc) is 3.96. The van der Waals surface area contributed by atoms with Gasteiger partial charge in [-0.05, 0) is 59.7 Å². The fourth-order valence-corrected chi connectivity index (χ4v) is 8.42. The second kappa shape index (κ2) is 12.3. The molecule has 0 N–H and O–H groups in total. The minimum Gasteiger partial charge on any atom is -0.456 e. The molecule has 7 aromatic carbocycles. The highest BCUT2D eigenvalue weighted by Gasteiger charge is 2.20. The molecular weight excluding hydrogens is 703 g/mol. The molecule has 0 aliphatic heterocycles. The summed E-state index contributed by atoms with van der Waals surface area (Å²) in [6.07, 6.45) is 3.53. The highest BCUT2D eigenvalue weighted by atomic mass is 16.3. The molecule has 0 amide bonds. The van der Waals surface area contributed by atoms with Crippen LogP contribution in [0.15, 0.2) is 185 Å². The lowest BCUT2D eigenvalue weighted by Crippen LogP contribution is -2.01. The zero-order valence-corrected chi connectivity index (χ0v) is 30.3. The Bertz CT molecular complexity index is 3490. The summed E-state index contributed by atoms with van der Waals surface area (Å²) in [6.45, 7) is 0. The Labute approximate surface area is 325 Å². The van der Waals surface area contributed by atoms with Gasteiger partial charge in [0.15, 0.2) is 23.1 Å². The van der Waals surface area contributed by atoms with Crippen molar-refractivity contribution in [3.8, 4) is 51.0 Å². The van der Waals surface area contributed by atoms with Crippen LogP contribution in [-0.4, -0.2) is 24.5 Å². The van der Waals surface area contributed by atoms with E-state index >= 15 is 0 Å². The van der Waals surface area contributed by atoms with Gasteiger partial charge in [0.2, 0.25) is 0 Å². The quantitative estimate of drug-likeness (QED) is 0.175. The summed E-state index contributed by atoms with van der Waals surface area (Å²) in [5, 5.41) is 6.51. The highest BCUT2D eigenvalue weighted by Crippen LogP contribution is 2.39. The van der Waals surface area contributed by atoms with Gasteiger partial charge in [-0.25, -0.2) is 15.0 Å². The van der Waals surface area contributed by atoms with Gasteiger partial charge in [-0.3, -0.25) is 4.98 Å². The van der Waals surface area contributed by atoms with E-state index in [0.717, 1.165) is 82.8 Å². The summed E-state index contributed by atoms with van der Waals surface area (Å²) in [4.78, 5) is 19.9. The van der Waals surface area contributed by atoms with E-state index < -0.39 is 0 Å². The monoisotopic (exact) mass is 731 g/mol. The third-order valence-corrected chi connectivity index (χ3v) is 11.0. The van der Waals surface area contributed by atoms with Gasteiger partial charge in [0.05, 0.1) is 17.2 Å². The molecule has 0 atom stereocenters. The van der Waals surface area contributed by atoms with Gasteiger partial charge in [-0.1, -0.05) is 115 Å². The number of benzene rings is 7.